The summed E-state index contributed by atoms with van der Waals surface area (Å²) in [6.07, 6.45) is 9.47. The summed E-state index contributed by atoms with van der Waals surface area (Å²) in [5, 5.41) is 0. The van der Waals surface area contributed by atoms with Gasteiger partial charge in [0.25, 0.3) is 0 Å². The summed E-state index contributed by atoms with van der Waals surface area (Å²) in [4.78, 5) is 23.3. The predicted octanol–water partition coefficient (Wildman–Crippen LogP) is 3.34. The molecule has 0 saturated carbocycles. The molecule has 1 unspecified atom stereocenters. The van der Waals surface area contributed by atoms with E-state index in [-0.39, 0.29) is 77.0 Å². The number of rotatable bonds is 11. The van der Waals surface area contributed by atoms with Crippen LogP contribution >= 0.6 is 0 Å². The van der Waals surface area contributed by atoms with E-state index in [2.05, 4.69) is 13.8 Å². The minimum absolute atomic E-state index is 0. The molecular formula is C16H32Na2O3. The Morgan fingerprint density at radius 3 is 1.95 bits per heavy atom. The van der Waals surface area contributed by atoms with Crippen LogP contribution in [-0.2, 0) is 14.3 Å². The molecule has 0 aliphatic heterocycles. The second-order valence-corrected chi connectivity index (χ2v) is 5.20. The molecule has 1 atom stereocenters. The van der Waals surface area contributed by atoms with Crippen LogP contribution in [0.25, 0.3) is 0 Å². The van der Waals surface area contributed by atoms with Gasteiger partial charge in [-0.3, -0.25) is 9.59 Å². The number of esters is 2. The number of ether oxygens (including phenoxy) is 1. The first-order valence-corrected chi connectivity index (χ1v) is 7.90. The monoisotopic (exact) mass is 318 g/mol. The molecule has 0 aromatic carbocycles. The molecule has 0 fully saturated rings. The van der Waals surface area contributed by atoms with E-state index in [0.29, 0.717) is 6.42 Å². The molecule has 5 heteroatoms. The molecular weight excluding hydrogens is 286 g/mol. The average molecular weight is 318 g/mol. The van der Waals surface area contributed by atoms with E-state index in [0.717, 1.165) is 44.9 Å². The fourth-order valence-electron chi connectivity index (χ4n) is 2.06. The number of hydrogen-bond acceptors (Lipinski definition) is 3. The van der Waals surface area contributed by atoms with Crippen molar-refractivity contribution in [1.29, 1.82) is 0 Å². The molecule has 0 spiro atoms. The Kier molecular flexibility index (Phi) is 24.7. The first-order chi connectivity index (χ1) is 9.15. The molecule has 21 heavy (non-hydrogen) atoms. The van der Waals surface area contributed by atoms with Gasteiger partial charge in [0.05, 0.1) is 5.92 Å². The average Bonchev–Trinajstić information content (AvgIpc) is 2.39. The summed E-state index contributed by atoms with van der Waals surface area (Å²) in [7, 11) is 0. The fourth-order valence-corrected chi connectivity index (χ4v) is 2.06. The number of carbonyl (C=O) groups excluding carboxylic acids is 2. The summed E-state index contributed by atoms with van der Waals surface area (Å²) >= 11 is 0. The molecule has 0 aliphatic rings. The van der Waals surface area contributed by atoms with Crippen molar-refractivity contribution in [2.24, 2.45) is 5.92 Å². The Balaban J connectivity index is -0.00000162. The van der Waals surface area contributed by atoms with Crippen LogP contribution in [0.3, 0.4) is 0 Å². The van der Waals surface area contributed by atoms with Crippen LogP contribution in [0.2, 0.25) is 0 Å². The van der Waals surface area contributed by atoms with Gasteiger partial charge in [0.1, 0.15) is 0 Å². The van der Waals surface area contributed by atoms with Gasteiger partial charge in [0.15, 0.2) is 0 Å². The van der Waals surface area contributed by atoms with Gasteiger partial charge < -0.3 is 4.74 Å². The van der Waals surface area contributed by atoms with Gasteiger partial charge in [-0.05, 0) is 19.3 Å². The first kappa shape index (κ1) is 27.0. The summed E-state index contributed by atoms with van der Waals surface area (Å²) in [5.41, 5.74) is 0. The zero-order chi connectivity index (χ0) is 14.5. The van der Waals surface area contributed by atoms with Crippen molar-refractivity contribution in [2.45, 2.75) is 85.0 Å². The normalized spacial score (nSPS) is 11.0. The fraction of sp³-hybridized carbons (Fsp3) is 0.875. The maximum atomic E-state index is 11.8. The predicted molar refractivity (Wildman–Crippen MR) is 92.1 cm³/mol. The van der Waals surface area contributed by atoms with Gasteiger partial charge in [-0.25, -0.2) is 0 Å². The van der Waals surface area contributed by atoms with Crippen molar-refractivity contribution in [1.82, 2.24) is 0 Å². The van der Waals surface area contributed by atoms with Crippen LogP contribution in [0.4, 0.5) is 0 Å². The Labute approximate surface area is 174 Å². The van der Waals surface area contributed by atoms with Crippen LogP contribution in [0, 0.1) is 5.92 Å². The zero-order valence-electron chi connectivity index (χ0n) is 12.9. The van der Waals surface area contributed by atoms with Gasteiger partial charge in [-0.2, -0.15) is 0 Å². The van der Waals surface area contributed by atoms with Crippen LogP contribution in [0.1, 0.15) is 85.0 Å². The SMILES string of the molecule is CCCCCCCC(=O)OC(=O)C(CC)CCCC.[NaH].[NaH]. The van der Waals surface area contributed by atoms with E-state index in [1.165, 1.54) is 12.8 Å². The van der Waals surface area contributed by atoms with Crippen LogP contribution in [-0.4, -0.2) is 71.1 Å². The summed E-state index contributed by atoms with van der Waals surface area (Å²) < 4.78 is 4.93. The Morgan fingerprint density at radius 1 is 0.857 bits per heavy atom. The third-order valence-corrected chi connectivity index (χ3v) is 3.43. The quantitative estimate of drug-likeness (QED) is 0.254. The minimum atomic E-state index is -0.351. The standard InChI is InChI=1S/C16H30O3.2Na.2H/c1-4-7-9-10-11-13-15(17)19-16(18)14(6-3)12-8-5-2;;;;/h14H,4-13H2,1-3H3;;;;. The van der Waals surface area contributed by atoms with Crippen LogP contribution in [0.15, 0.2) is 0 Å². The maximum absolute atomic E-state index is 11.8. The van der Waals surface area contributed by atoms with Crippen molar-refractivity contribution in [3.63, 3.8) is 0 Å². The molecule has 0 saturated heterocycles. The van der Waals surface area contributed by atoms with Gasteiger partial charge >= 0.3 is 71.1 Å². The van der Waals surface area contributed by atoms with Gasteiger partial charge in [0.2, 0.25) is 0 Å². The number of carbonyl (C=O) groups is 2. The van der Waals surface area contributed by atoms with Gasteiger partial charge in [-0.15, -0.1) is 0 Å². The van der Waals surface area contributed by atoms with Gasteiger partial charge in [0, 0.05) is 6.42 Å². The van der Waals surface area contributed by atoms with E-state index < -0.39 is 0 Å². The van der Waals surface area contributed by atoms with E-state index >= 15 is 0 Å². The van der Waals surface area contributed by atoms with Crippen molar-refractivity contribution in [3.05, 3.63) is 0 Å². The second-order valence-electron chi connectivity index (χ2n) is 5.20. The Morgan fingerprint density at radius 2 is 1.43 bits per heavy atom. The molecule has 0 N–H and O–H groups in total. The van der Waals surface area contributed by atoms with E-state index in [4.69, 9.17) is 4.74 Å². The Bertz CT molecular complexity index is 258. The molecule has 3 nitrogen and oxygen atoms in total. The topological polar surface area (TPSA) is 43.4 Å². The molecule has 0 radical (unpaired) electrons. The molecule has 0 heterocycles. The second kappa shape index (κ2) is 19.2. The van der Waals surface area contributed by atoms with Crippen molar-refractivity contribution in [2.75, 3.05) is 0 Å². The first-order valence-electron chi connectivity index (χ1n) is 7.90. The molecule has 116 valence electrons. The summed E-state index contributed by atoms with van der Waals surface area (Å²) in [6, 6.07) is 0. The van der Waals surface area contributed by atoms with Gasteiger partial charge in [-0.1, -0.05) is 59.3 Å². The number of unbranched alkanes of at least 4 members (excludes halogenated alkanes) is 5. The van der Waals surface area contributed by atoms with Crippen LogP contribution in [0.5, 0.6) is 0 Å². The summed E-state index contributed by atoms with van der Waals surface area (Å²) in [6.45, 7) is 6.23. The third kappa shape index (κ3) is 15.8. The molecule has 0 rings (SSSR count). The summed E-state index contributed by atoms with van der Waals surface area (Å²) in [5.74, 6) is -0.782. The molecule has 0 aromatic rings. The molecule has 0 aromatic heterocycles. The van der Waals surface area contributed by atoms with Crippen molar-refractivity contribution >= 4 is 71.1 Å². The molecule has 0 bridgehead atoms. The van der Waals surface area contributed by atoms with E-state index in [9.17, 15) is 9.59 Å². The van der Waals surface area contributed by atoms with Crippen molar-refractivity contribution in [3.8, 4) is 0 Å². The van der Waals surface area contributed by atoms with Crippen molar-refractivity contribution < 1.29 is 14.3 Å². The van der Waals surface area contributed by atoms with Crippen LogP contribution < -0.4 is 0 Å². The van der Waals surface area contributed by atoms with E-state index in [1.807, 2.05) is 6.92 Å². The number of hydrogen-bond donors (Lipinski definition) is 0. The van der Waals surface area contributed by atoms with E-state index in [1.54, 1.807) is 0 Å². The third-order valence-electron chi connectivity index (χ3n) is 3.43. The molecule has 0 amide bonds. The zero-order valence-corrected chi connectivity index (χ0v) is 12.9. The Hall–Kier alpha value is 1.14. The molecule has 0 aliphatic carbocycles.